The fourth-order valence-electron chi connectivity index (χ4n) is 4.03. The smallest absolute Gasteiger partial charge is 0.218 e. The number of pyridine rings is 2. The Kier molecular flexibility index (Phi) is 4.85. The lowest BCUT2D eigenvalue weighted by molar-refractivity contribution is -0.118. The minimum atomic E-state index is -0.680. The Labute approximate surface area is 180 Å². The number of halogens is 2. The molecule has 0 saturated heterocycles. The van der Waals surface area contributed by atoms with Crippen LogP contribution in [-0.2, 0) is 11.2 Å². The number of primary amides is 1. The maximum Gasteiger partial charge on any atom is 0.218 e. The zero-order valence-electron chi connectivity index (χ0n) is 16.8. The molecule has 4 aromatic heterocycles. The second-order valence-electron chi connectivity index (χ2n) is 7.69. The molecular weight excluding hydrogens is 414 g/mol. The summed E-state index contributed by atoms with van der Waals surface area (Å²) < 4.78 is 29.3. The van der Waals surface area contributed by atoms with E-state index in [1.165, 1.54) is 12.1 Å². The fraction of sp³-hybridized carbons (Fsp3) is 0.130. The highest BCUT2D eigenvalue weighted by atomic mass is 19.1. The minimum Gasteiger partial charge on any atom is -0.370 e. The van der Waals surface area contributed by atoms with Gasteiger partial charge in [-0.3, -0.25) is 9.89 Å². The molecule has 0 radical (unpaired) electrons. The second-order valence-corrected chi connectivity index (χ2v) is 7.69. The van der Waals surface area contributed by atoms with E-state index in [4.69, 9.17) is 10.7 Å². The molecule has 0 saturated carbocycles. The van der Waals surface area contributed by atoms with Crippen molar-refractivity contribution in [2.75, 3.05) is 0 Å². The van der Waals surface area contributed by atoms with Gasteiger partial charge in [-0.2, -0.15) is 10.2 Å². The summed E-state index contributed by atoms with van der Waals surface area (Å²) in [6, 6.07) is 11.0. The van der Waals surface area contributed by atoms with Gasteiger partial charge < -0.3 is 5.73 Å². The molecule has 4 heterocycles. The van der Waals surface area contributed by atoms with E-state index in [1.807, 2.05) is 30.5 Å². The van der Waals surface area contributed by atoms with Gasteiger partial charge in [-0.05, 0) is 42.3 Å². The standard InChI is InChI=1S/C23H18F2N6O/c24-16-6-13(7-17(25)9-16)5-15(8-22(26)32)23-19(10-20-21(29-23)11-27-30-20)14-1-2-18-3-4-28-31(18)12-14/h1-4,6-7,9-12,15H,5,8H2,(H2,26,32)(H,27,30)/t15-/m0/s1. The van der Waals surface area contributed by atoms with Crippen LogP contribution in [0.3, 0.4) is 0 Å². The lowest BCUT2D eigenvalue weighted by Crippen LogP contribution is -2.18. The lowest BCUT2D eigenvalue weighted by Gasteiger charge is -2.19. The van der Waals surface area contributed by atoms with Crippen LogP contribution in [0.2, 0.25) is 0 Å². The van der Waals surface area contributed by atoms with Crippen LogP contribution in [0.15, 0.2) is 61.1 Å². The average molecular weight is 432 g/mol. The van der Waals surface area contributed by atoms with Crippen molar-refractivity contribution < 1.29 is 13.6 Å². The Hall–Kier alpha value is -4.14. The summed E-state index contributed by atoms with van der Waals surface area (Å²) in [5, 5.41) is 11.2. The third kappa shape index (κ3) is 3.80. The first-order chi connectivity index (χ1) is 15.5. The first-order valence-corrected chi connectivity index (χ1v) is 9.97. The van der Waals surface area contributed by atoms with Crippen LogP contribution in [-0.4, -0.2) is 30.7 Å². The first kappa shape index (κ1) is 19.8. The summed E-state index contributed by atoms with van der Waals surface area (Å²) in [4.78, 5) is 16.7. The van der Waals surface area contributed by atoms with E-state index in [9.17, 15) is 13.6 Å². The van der Waals surface area contributed by atoms with Crippen molar-refractivity contribution in [3.05, 3.63) is 83.9 Å². The number of hydrogen-bond acceptors (Lipinski definition) is 4. The third-order valence-electron chi connectivity index (χ3n) is 5.40. The van der Waals surface area contributed by atoms with Gasteiger partial charge in [0.05, 0.1) is 22.9 Å². The van der Waals surface area contributed by atoms with E-state index < -0.39 is 23.5 Å². The second kappa shape index (κ2) is 7.84. The topological polar surface area (TPSA) is 102 Å². The number of nitrogens with zero attached hydrogens (tertiary/aromatic N) is 4. The quantitative estimate of drug-likeness (QED) is 0.427. The SMILES string of the molecule is NC(=O)C[C@H](Cc1cc(F)cc(F)c1)c1nc2cn[nH]c2cc1-c1ccc2ccnn2c1. The molecule has 0 fully saturated rings. The van der Waals surface area contributed by atoms with Gasteiger partial charge in [0.1, 0.15) is 17.2 Å². The molecule has 0 unspecified atom stereocenters. The monoisotopic (exact) mass is 432 g/mol. The van der Waals surface area contributed by atoms with Gasteiger partial charge >= 0.3 is 0 Å². The molecule has 32 heavy (non-hydrogen) atoms. The molecule has 0 aliphatic rings. The van der Waals surface area contributed by atoms with Gasteiger partial charge in [0.25, 0.3) is 0 Å². The first-order valence-electron chi connectivity index (χ1n) is 9.97. The van der Waals surface area contributed by atoms with Crippen LogP contribution in [0.1, 0.15) is 23.6 Å². The average Bonchev–Trinajstić information content (AvgIpc) is 3.39. The summed E-state index contributed by atoms with van der Waals surface area (Å²) in [5.74, 6) is -2.40. The molecule has 9 heteroatoms. The number of carbonyl (C=O) groups is 1. The van der Waals surface area contributed by atoms with Crippen molar-refractivity contribution in [2.24, 2.45) is 5.73 Å². The summed E-state index contributed by atoms with van der Waals surface area (Å²) in [7, 11) is 0. The largest absolute Gasteiger partial charge is 0.370 e. The van der Waals surface area contributed by atoms with Gasteiger partial charge in [0, 0.05) is 41.9 Å². The highest BCUT2D eigenvalue weighted by Crippen LogP contribution is 2.34. The molecule has 1 aromatic carbocycles. The lowest BCUT2D eigenvalue weighted by atomic mass is 9.88. The maximum absolute atomic E-state index is 13.8. The van der Waals surface area contributed by atoms with Crippen molar-refractivity contribution in [3.8, 4) is 11.1 Å². The maximum atomic E-state index is 13.8. The predicted octanol–water partition coefficient (Wildman–Crippen LogP) is 3.75. The molecule has 5 aromatic rings. The molecule has 0 bridgehead atoms. The van der Waals surface area contributed by atoms with E-state index in [0.717, 1.165) is 28.2 Å². The van der Waals surface area contributed by atoms with Crippen LogP contribution < -0.4 is 5.73 Å². The van der Waals surface area contributed by atoms with Crippen molar-refractivity contribution in [1.82, 2.24) is 24.8 Å². The van der Waals surface area contributed by atoms with Crippen molar-refractivity contribution in [2.45, 2.75) is 18.8 Å². The highest BCUT2D eigenvalue weighted by Gasteiger charge is 2.23. The number of carbonyl (C=O) groups excluding carboxylic acids is 1. The van der Waals surface area contributed by atoms with E-state index in [1.54, 1.807) is 16.9 Å². The highest BCUT2D eigenvalue weighted by molar-refractivity contribution is 5.83. The van der Waals surface area contributed by atoms with Crippen LogP contribution in [0, 0.1) is 11.6 Å². The number of amides is 1. The molecule has 0 aliphatic carbocycles. The zero-order valence-corrected chi connectivity index (χ0v) is 16.8. The van der Waals surface area contributed by atoms with Crippen LogP contribution in [0.25, 0.3) is 27.7 Å². The van der Waals surface area contributed by atoms with Crippen molar-refractivity contribution >= 4 is 22.5 Å². The Morgan fingerprint density at radius 3 is 2.72 bits per heavy atom. The molecule has 1 amide bonds. The number of hydrogen-bond donors (Lipinski definition) is 2. The molecule has 0 aliphatic heterocycles. The van der Waals surface area contributed by atoms with E-state index >= 15 is 0 Å². The molecule has 160 valence electrons. The number of benzene rings is 1. The van der Waals surface area contributed by atoms with Gasteiger partial charge in [-0.25, -0.2) is 18.3 Å². The normalized spacial score (nSPS) is 12.4. The summed E-state index contributed by atoms with van der Waals surface area (Å²) in [6.07, 6.45) is 5.30. The van der Waals surface area contributed by atoms with Gasteiger partial charge in [0.15, 0.2) is 0 Å². The molecule has 3 N–H and O–H groups in total. The van der Waals surface area contributed by atoms with Gasteiger partial charge in [-0.1, -0.05) is 6.07 Å². The number of nitrogens with two attached hydrogens (primary N) is 1. The van der Waals surface area contributed by atoms with Crippen molar-refractivity contribution in [1.29, 1.82) is 0 Å². The van der Waals surface area contributed by atoms with E-state index in [0.29, 0.717) is 16.8 Å². The van der Waals surface area contributed by atoms with Crippen LogP contribution in [0.5, 0.6) is 0 Å². The van der Waals surface area contributed by atoms with Crippen molar-refractivity contribution in [3.63, 3.8) is 0 Å². The Morgan fingerprint density at radius 1 is 1.12 bits per heavy atom. The van der Waals surface area contributed by atoms with Crippen LogP contribution >= 0.6 is 0 Å². The van der Waals surface area contributed by atoms with E-state index in [2.05, 4.69) is 15.3 Å². The predicted molar refractivity (Wildman–Crippen MR) is 115 cm³/mol. The number of nitrogens with one attached hydrogen (secondary N) is 1. The summed E-state index contributed by atoms with van der Waals surface area (Å²) in [6.45, 7) is 0. The van der Waals surface area contributed by atoms with Crippen LogP contribution in [0.4, 0.5) is 8.78 Å². The van der Waals surface area contributed by atoms with Gasteiger partial charge in [-0.15, -0.1) is 0 Å². The molecule has 5 rings (SSSR count). The number of rotatable bonds is 6. The fourth-order valence-corrected chi connectivity index (χ4v) is 4.03. The summed E-state index contributed by atoms with van der Waals surface area (Å²) >= 11 is 0. The third-order valence-corrected chi connectivity index (χ3v) is 5.40. The number of fused-ring (bicyclic) bond motifs is 2. The number of aromatic amines is 1. The van der Waals surface area contributed by atoms with Gasteiger partial charge in [0.2, 0.25) is 5.91 Å². The molecule has 1 atom stereocenters. The Bertz CT molecular complexity index is 1440. The molecular formula is C23H18F2N6O. The zero-order chi connectivity index (χ0) is 22.2. The Balaban J connectivity index is 1.67. The Morgan fingerprint density at radius 2 is 1.94 bits per heavy atom. The molecule has 0 spiro atoms. The minimum absolute atomic E-state index is 0.0362. The number of H-pyrrole nitrogens is 1. The molecule has 7 nitrogen and oxygen atoms in total. The summed E-state index contributed by atoms with van der Waals surface area (Å²) in [5.41, 5.74) is 10.4. The van der Waals surface area contributed by atoms with E-state index in [-0.39, 0.29) is 12.8 Å². The number of aromatic nitrogens is 5.